The molecule has 3 aromatic rings. The molecular formula is C23H27ClN6O. The van der Waals surface area contributed by atoms with Gasteiger partial charge >= 0.3 is 0 Å². The first-order valence-corrected chi connectivity index (χ1v) is 10.8. The summed E-state index contributed by atoms with van der Waals surface area (Å²) < 4.78 is 7.75. The molecule has 162 valence electrons. The lowest BCUT2D eigenvalue weighted by Gasteiger charge is -2.28. The van der Waals surface area contributed by atoms with Crippen LogP contribution in [0.25, 0.3) is 0 Å². The first-order valence-electron chi connectivity index (χ1n) is 10.5. The number of hydrogen-bond donors (Lipinski definition) is 2. The number of nitrogens with zero attached hydrogens (tertiary/aromatic N) is 4. The summed E-state index contributed by atoms with van der Waals surface area (Å²) in [7, 11) is 1.95. The van der Waals surface area contributed by atoms with Crippen LogP contribution < -0.4 is 15.4 Å². The third-order valence-electron chi connectivity index (χ3n) is 5.48. The molecule has 1 aliphatic rings. The maximum absolute atomic E-state index is 6.31. The second-order valence-corrected chi connectivity index (χ2v) is 7.93. The fraction of sp³-hybridized carbons (Fsp3) is 0.348. The Morgan fingerprint density at radius 2 is 2.00 bits per heavy atom. The van der Waals surface area contributed by atoms with Crippen molar-refractivity contribution in [3.8, 4) is 5.75 Å². The van der Waals surface area contributed by atoms with Crippen LogP contribution in [0.2, 0.25) is 5.02 Å². The zero-order valence-corrected chi connectivity index (χ0v) is 18.6. The summed E-state index contributed by atoms with van der Waals surface area (Å²) in [5.41, 5.74) is 2.25. The summed E-state index contributed by atoms with van der Waals surface area (Å²) in [6, 6.07) is 16.2. The average Bonchev–Trinajstić information content (AvgIpc) is 3.11. The zero-order valence-electron chi connectivity index (χ0n) is 17.8. The van der Waals surface area contributed by atoms with Gasteiger partial charge in [-0.1, -0.05) is 48.0 Å². The van der Waals surface area contributed by atoms with E-state index in [2.05, 4.69) is 26.9 Å². The number of halogens is 1. The first-order chi connectivity index (χ1) is 15.1. The summed E-state index contributed by atoms with van der Waals surface area (Å²) >= 11 is 6.31. The van der Waals surface area contributed by atoms with Crippen molar-refractivity contribution in [2.75, 3.05) is 13.2 Å². The van der Waals surface area contributed by atoms with Crippen molar-refractivity contribution in [3.05, 3.63) is 76.3 Å². The van der Waals surface area contributed by atoms with Gasteiger partial charge in [-0.05, 0) is 31.0 Å². The molecule has 0 bridgehead atoms. The smallest absolute Gasteiger partial charge is 0.192 e. The molecule has 31 heavy (non-hydrogen) atoms. The number of benzene rings is 2. The molecule has 0 amide bonds. The SMILES string of the molecule is Cc1nnc(CN=C(NCCc2ccccc2Cl)NC2CCOc3ccccc32)n1C. The van der Waals surface area contributed by atoms with Gasteiger partial charge in [0, 0.05) is 30.6 Å². The van der Waals surface area contributed by atoms with Crippen LogP contribution in [-0.2, 0) is 20.0 Å². The molecule has 0 saturated carbocycles. The Morgan fingerprint density at radius 1 is 1.19 bits per heavy atom. The fourth-order valence-electron chi connectivity index (χ4n) is 3.56. The highest BCUT2D eigenvalue weighted by Gasteiger charge is 2.22. The van der Waals surface area contributed by atoms with Crippen molar-refractivity contribution < 1.29 is 4.74 Å². The zero-order chi connectivity index (χ0) is 21.6. The number of fused-ring (bicyclic) bond motifs is 1. The van der Waals surface area contributed by atoms with E-state index in [0.29, 0.717) is 19.7 Å². The van der Waals surface area contributed by atoms with E-state index in [1.807, 2.05) is 61.0 Å². The Balaban J connectivity index is 1.49. The van der Waals surface area contributed by atoms with Crippen LogP contribution in [0.3, 0.4) is 0 Å². The first kappa shape index (κ1) is 21.2. The summed E-state index contributed by atoms with van der Waals surface area (Å²) in [6.45, 7) is 3.74. The molecule has 0 saturated heterocycles. The van der Waals surface area contributed by atoms with E-state index < -0.39 is 0 Å². The standard InChI is InChI=1S/C23H27ClN6O/c1-16-28-29-22(30(16)2)15-26-23(25-13-11-17-7-3-5-9-19(17)24)27-20-12-14-31-21-10-6-4-8-18(20)21/h3-10,20H,11-15H2,1-2H3,(H2,25,26,27). The van der Waals surface area contributed by atoms with Crippen molar-refractivity contribution in [1.29, 1.82) is 0 Å². The van der Waals surface area contributed by atoms with Gasteiger partial charge in [-0.15, -0.1) is 10.2 Å². The number of aliphatic imine (C=N–C) groups is 1. The predicted octanol–water partition coefficient (Wildman–Crippen LogP) is 3.58. The molecule has 1 aliphatic heterocycles. The van der Waals surface area contributed by atoms with Gasteiger partial charge in [0.25, 0.3) is 0 Å². The molecule has 1 unspecified atom stereocenters. The van der Waals surface area contributed by atoms with E-state index >= 15 is 0 Å². The van der Waals surface area contributed by atoms with Crippen LogP contribution in [0.4, 0.5) is 0 Å². The van der Waals surface area contributed by atoms with Crippen LogP contribution in [0.5, 0.6) is 5.75 Å². The molecule has 0 aliphatic carbocycles. The van der Waals surface area contributed by atoms with Gasteiger partial charge in [0.05, 0.1) is 12.6 Å². The van der Waals surface area contributed by atoms with Crippen LogP contribution >= 0.6 is 11.6 Å². The molecule has 0 spiro atoms. The monoisotopic (exact) mass is 438 g/mol. The Morgan fingerprint density at radius 3 is 2.81 bits per heavy atom. The number of aromatic nitrogens is 3. The normalized spacial score (nSPS) is 15.8. The summed E-state index contributed by atoms with van der Waals surface area (Å²) in [4.78, 5) is 4.79. The summed E-state index contributed by atoms with van der Waals surface area (Å²) in [5.74, 6) is 3.34. The van der Waals surface area contributed by atoms with Crippen molar-refractivity contribution in [1.82, 2.24) is 25.4 Å². The molecule has 8 heteroatoms. The van der Waals surface area contributed by atoms with Gasteiger partial charge in [0.15, 0.2) is 11.8 Å². The number of hydrogen-bond acceptors (Lipinski definition) is 4. The number of rotatable bonds is 6. The second kappa shape index (κ2) is 9.83. The summed E-state index contributed by atoms with van der Waals surface area (Å²) in [6.07, 6.45) is 1.67. The highest BCUT2D eigenvalue weighted by atomic mass is 35.5. The van der Waals surface area contributed by atoms with E-state index in [-0.39, 0.29) is 6.04 Å². The summed E-state index contributed by atoms with van der Waals surface area (Å²) in [5, 5.41) is 16.2. The van der Waals surface area contributed by atoms with E-state index in [0.717, 1.165) is 52.3 Å². The number of guanidine groups is 1. The average molecular weight is 439 g/mol. The van der Waals surface area contributed by atoms with Crippen LogP contribution in [0.1, 0.15) is 35.2 Å². The number of para-hydroxylation sites is 1. The number of nitrogens with one attached hydrogen (secondary N) is 2. The predicted molar refractivity (Wildman–Crippen MR) is 122 cm³/mol. The second-order valence-electron chi connectivity index (χ2n) is 7.53. The van der Waals surface area contributed by atoms with Gasteiger partial charge in [0.1, 0.15) is 18.1 Å². The largest absolute Gasteiger partial charge is 0.493 e. The van der Waals surface area contributed by atoms with Crippen molar-refractivity contribution in [2.45, 2.75) is 32.4 Å². The third kappa shape index (κ3) is 5.17. The maximum Gasteiger partial charge on any atom is 0.192 e. The van der Waals surface area contributed by atoms with E-state index in [4.69, 9.17) is 21.3 Å². The highest BCUT2D eigenvalue weighted by Crippen LogP contribution is 2.31. The minimum absolute atomic E-state index is 0.123. The van der Waals surface area contributed by atoms with Gasteiger partial charge in [-0.2, -0.15) is 0 Å². The van der Waals surface area contributed by atoms with Crippen molar-refractivity contribution in [2.24, 2.45) is 12.0 Å². The number of ether oxygens (including phenoxy) is 1. The Labute approximate surface area is 187 Å². The van der Waals surface area contributed by atoms with E-state index in [9.17, 15) is 0 Å². The van der Waals surface area contributed by atoms with Crippen molar-refractivity contribution >= 4 is 17.6 Å². The molecule has 2 aromatic carbocycles. The quantitative estimate of drug-likeness (QED) is 0.454. The molecule has 0 radical (unpaired) electrons. The highest BCUT2D eigenvalue weighted by molar-refractivity contribution is 6.31. The molecule has 4 rings (SSSR count). The fourth-order valence-corrected chi connectivity index (χ4v) is 3.80. The molecule has 0 fully saturated rings. The Bertz CT molecular complexity index is 1060. The van der Waals surface area contributed by atoms with Crippen LogP contribution in [0.15, 0.2) is 53.5 Å². The topological polar surface area (TPSA) is 76.4 Å². The molecule has 1 aromatic heterocycles. The Kier molecular flexibility index (Phi) is 6.72. The third-order valence-corrected chi connectivity index (χ3v) is 5.84. The molecule has 2 N–H and O–H groups in total. The minimum Gasteiger partial charge on any atom is -0.493 e. The van der Waals surface area contributed by atoms with Gasteiger partial charge in [0.2, 0.25) is 0 Å². The van der Waals surface area contributed by atoms with Crippen LogP contribution in [0, 0.1) is 6.92 Å². The molecule has 2 heterocycles. The van der Waals surface area contributed by atoms with Gasteiger partial charge in [-0.3, -0.25) is 0 Å². The van der Waals surface area contributed by atoms with E-state index in [1.165, 1.54) is 0 Å². The van der Waals surface area contributed by atoms with Crippen molar-refractivity contribution in [3.63, 3.8) is 0 Å². The maximum atomic E-state index is 6.31. The van der Waals surface area contributed by atoms with Gasteiger partial charge in [-0.25, -0.2) is 4.99 Å². The molecule has 7 nitrogen and oxygen atoms in total. The lowest BCUT2D eigenvalue weighted by molar-refractivity contribution is 0.261. The molecular weight excluding hydrogens is 412 g/mol. The van der Waals surface area contributed by atoms with Gasteiger partial charge < -0.3 is 19.9 Å². The van der Waals surface area contributed by atoms with E-state index in [1.54, 1.807) is 0 Å². The van der Waals surface area contributed by atoms with Crippen LogP contribution in [-0.4, -0.2) is 33.9 Å². The lowest BCUT2D eigenvalue weighted by Crippen LogP contribution is -2.42. The minimum atomic E-state index is 0.123. The lowest BCUT2D eigenvalue weighted by atomic mass is 10.0. The molecule has 1 atom stereocenters. The Hall–Kier alpha value is -3.06. The number of aryl methyl sites for hydroxylation is 1.